The minimum atomic E-state index is -0.673. The largest absolute Gasteiger partial charge is 0.456 e. The summed E-state index contributed by atoms with van der Waals surface area (Å²) in [4.78, 5) is 14.0. The quantitative estimate of drug-likeness (QED) is 0.475. The third-order valence-electron chi connectivity index (χ3n) is 7.04. The number of aromatic amines is 1. The van der Waals surface area contributed by atoms with Crippen LogP contribution in [0.15, 0.2) is 18.2 Å². The van der Waals surface area contributed by atoms with Crippen LogP contribution in [-0.4, -0.2) is 88.9 Å². The van der Waals surface area contributed by atoms with Crippen LogP contribution in [0, 0.1) is 11.6 Å². The highest BCUT2D eigenvalue weighted by atomic mass is 35.5. The van der Waals surface area contributed by atoms with E-state index in [1.54, 1.807) is 6.07 Å². The minimum absolute atomic E-state index is 0.00396. The Kier molecular flexibility index (Phi) is 6.99. The van der Waals surface area contributed by atoms with Crippen molar-refractivity contribution < 1.29 is 32.8 Å². The van der Waals surface area contributed by atoms with Gasteiger partial charge in [0, 0.05) is 25.2 Å². The van der Waals surface area contributed by atoms with E-state index in [1.807, 2.05) is 0 Å². The molecule has 0 aliphatic carbocycles. The van der Waals surface area contributed by atoms with Crippen molar-refractivity contribution in [3.8, 4) is 6.01 Å². The Bertz CT molecular complexity index is 1260. The second-order valence-corrected chi connectivity index (χ2v) is 9.98. The summed E-state index contributed by atoms with van der Waals surface area (Å²) in [5, 5.41) is 10.3. The third-order valence-corrected chi connectivity index (χ3v) is 7.37. The number of morpholine rings is 1. The summed E-state index contributed by atoms with van der Waals surface area (Å²) in [6.45, 7) is 3.68. The monoisotopic (exact) mass is 536 g/mol. The number of imidazole rings is 1. The lowest BCUT2D eigenvalue weighted by Crippen LogP contribution is -2.35. The van der Waals surface area contributed by atoms with Gasteiger partial charge in [-0.25, -0.2) is 13.8 Å². The van der Waals surface area contributed by atoms with Gasteiger partial charge in [-0.05, 0) is 36.6 Å². The van der Waals surface area contributed by atoms with Crippen LogP contribution < -0.4 is 4.74 Å². The summed E-state index contributed by atoms with van der Waals surface area (Å²) >= 11 is 6.43. The number of aliphatic hydroxyl groups excluding tert-OH is 1. The molecule has 0 saturated carbocycles. The number of aryl methyl sites for hydroxylation is 1. The number of H-pyrrole nitrogens is 1. The molecule has 0 radical (unpaired) electrons. The number of hydrogen-bond acceptors (Lipinski definition) is 8. The van der Waals surface area contributed by atoms with Crippen molar-refractivity contribution in [1.29, 1.82) is 0 Å². The van der Waals surface area contributed by atoms with Crippen molar-refractivity contribution in [3.63, 3.8) is 0 Å². The zero-order valence-corrected chi connectivity index (χ0v) is 20.7. The minimum Gasteiger partial charge on any atom is -0.456 e. The van der Waals surface area contributed by atoms with Crippen LogP contribution >= 0.6 is 11.6 Å². The van der Waals surface area contributed by atoms with Crippen LogP contribution in [0.25, 0.3) is 11.2 Å². The van der Waals surface area contributed by atoms with E-state index in [-0.39, 0.29) is 43.7 Å². The van der Waals surface area contributed by atoms with E-state index in [9.17, 15) is 13.9 Å². The molecule has 0 unspecified atom stereocenters. The fourth-order valence-electron chi connectivity index (χ4n) is 5.10. The first-order valence-corrected chi connectivity index (χ1v) is 12.7. The van der Waals surface area contributed by atoms with Crippen LogP contribution in [0.4, 0.5) is 8.78 Å². The van der Waals surface area contributed by atoms with Gasteiger partial charge < -0.3 is 29.0 Å². The molecule has 3 aliphatic rings. The van der Waals surface area contributed by atoms with Crippen LogP contribution in [0.2, 0.25) is 5.02 Å². The van der Waals surface area contributed by atoms with Gasteiger partial charge in [0.05, 0.1) is 42.7 Å². The van der Waals surface area contributed by atoms with E-state index < -0.39 is 29.9 Å². The molecule has 4 atom stereocenters. The van der Waals surface area contributed by atoms with E-state index in [0.717, 1.165) is 13.1 Å². The molecule has 0 amide bonds. The standard InChI is InChI=1S/C25H27ClF2N4O5/c26-15-9-19-24(31-25(30-19)37-21-12-36-22-20(33)11-35-23(21)22)29-18(15)2-1-14-16(27)7-13(8-17(14)28)10-32-3-5-34-6-4-32/h7-9,20-23,33H,1-6,10-12H2,(H,29,30,31)/t20-,21-,22-,23-/m1/s1. The number of aromatic nitrogens is 3. The summed E-state index contributed by atoms with van der Waals surface area (Å²) in [5.74, 6) is -1.15. The van der Waals surface area contributed by atoms with Gasteiger partial charge >= 0.3 is 0 Å². The van der Waals surface area contributed by atoms with E-state index in [2.05, 4.69) is 19.9 Å². The number of fused-ring (bicyclic) bond motifs is 2. The average molecular weight is 537 g/mol. The maximum atomic E-state index is 14.8. The van der Waals surface area contributed by atoms with E-state index in [1.165, 1.54) is 12.1 Å². The molecule has 0 spiro atoms. The number of rotatable bonds is 7. The highest BCUT2D eigenvalue weighted by molar-refractivity contribution is 6.31. The fourth-order valence-corrected chi connectivity index (χ4v) is 5.34. The van der Waals surface area contributed by atoms with Crippen molar-refractivity contribution in [3.05, 3.63) is 51.7 Å². The normalized spacial score (nSPS) is 26.2. The topological polar surface area (TPSA) is 102 Å². The van der Waals surface area contributed by atoms with Gasteiger partial charge in [-0.1, -0.05) is 11.6 Å². The SMILES string of the molecule is O[C@@H]1CO[C@H]2[C@@H]1OC[C@H]2Oc1nc2nc(CCc3c(F)cc(CN4CCOCC4)cc3F)c(Cl)cc2[nH]1. The van der Waals surface area contributed by atoms with E-state index in [4.69, 9.17) is 30.5 Å². The first kappa shape index (κ1) is 24.9. The third kappa shape index (κ3) is 5.16. The van der Waals surface area contributed by atoms with Gasteiger partial charge in [-0.15, -0.1) is 0 Å². The van der Waals surface area contributed by atoms with Gasteiger partial charge in [0.2, 0.25) is 0 Å². The van der Waals surface area contributed by atoms with Gasteiger partial charge in [0.1, 0.15) is 29.9 Å². The highest BCUT2D eigenvalue weighted by Crippen LogP contribution is 2.30. The first-order chi connectivity index (χ1) is 17.9. The predicted octanol–water partition coefficient (Wildman–Crippen LogP) is 2.41. The summed E-state index contributed by atoms with van der Waals surface area (Å²) < 4.78 is 52.0. The molecule has 9 nitrogen and oxygen atoms in total. The van der Waals surface area contributed by atoms with Crippen LogP contribution in [0.5, 0.6) is 6.01 Å². The predicted molar refractivity (Wildman–Crippen MR) is 129 cm³/mol. The molecule has 0 bridgehead atoms. The molecule has 1 aromatic carbocycles. The number of benzene rings is 1. The summed E-state index contributed by atoms with van der Waals surface area (Å²) in [6, 6.07) is 4.69. The molecular weight excluding hydrogens is 510 g/mol. The number of aliphatic hydroxyl groups is 1. The van der Waals surface area contributed by atoms with Crippen LogP contribution in [-0.2, 0) is 33.6 Å². The molecule has 5 heterocycles. The molecule has 2 N–H and O–H groups in total. The van der Waals surface area contributed by atoms with E-state index in [0.29, 0.717) is 47.2 Å². The van der Waals surface area contributed by atoms with E-state index >= 15 is 0 Å². The zero-order chi connectivity index (χ0) is 25.5. The molecule has 12 heteroatoms. The molecule has 2 aromatic heterocycles. The Balaban J connectivity index is 1.13. The lowest BCUT2D eigenvalue weighted by atomic mass is 10.0. The molecule has 198 valence electrons. The molecule has 3 saturated heterocycles. The Hall–Kier alpha value is -2.41. The summed E-state index contributed by atoms with van der Waals surface area (Å²) in [5.41, 5.74) is 2.02. The number of ether oxygens (including phenoxy) is 4. The van der Waals surface area contributed by atoms with Crippen molar-refractivity contribution in [2.75, 3.05) is 39.5 Å². The van der Waals surface area contributed by atoms with Crippen molar-refractivity contribution in [1.82, 2.24) is 19.9 Å². The molecular formula is C25H27ClF2N4O5. The number of halogens is 3. The van der Waals surface area contributed by atoms with Crippen LogP contribution in [0.1, 0.15) is 16.8 Å². The zero-order valence-electron chi connectivity index (χ0n) is 20.0. The van der Waals surface area contributed by atoms with Crippen molar-refractivity contribution in [2.24, 2.45) is 0 Å². The van der Waals surface area contributed by atoms with Crippen molar-refractivity contribution >= 4 is 22.8 Å². The molecule has 3 aliphatic heterocycles. The van der Waals surface area contributed by atoms with Crippen molar-refractivity contribution in [2.45, 2.75) is 43.8 Å². The smallest absolute Gasteiger partial charge is 0.296 e. The Morgan fingerprint density at radius 2 is 1.81 bits per heavy atom. The van der Waals surface area contributed by atoms with Crippen LogP contribution in [0.3, 0.4) is 0 Å². The Labute approximate surface area is 216 Å². The molecule has 6 rings (SSSR count). The number of hydrogen-bond donors (Lipinski definition) is 2. The number of nitrogens with zero attached hydrogens (tertiary/aromatic N) is 3. The number of nitrogens with one attached hydrogen (secondary N) is 1. The first-order valence-electron chi connectivity index (χ1n) is 12.3. The lowest BCUT2D eigenvalue weighted by Gasteiger charge is -2.26. The Morgan fingerprint density at radius 3 is 2.59 bits per heavy atom. The second-order valence-electron chi connectivity index (χ2n) is 9.58. The van der Waals surface area contributed by atoms with Gasteiger partial charge in [0.25, 0.3) is 6.01 Å². The fraction of sp³-hybridized carbons (Fsp3) is 0.520. The molecule has 37 heavy (non-hydrogen) atoms. The summed E-state index contributed by atoms with van der Waals surface area (Å²) in [6.07, 6.45) is -1.55. The molecule has 3 fully saturated rings. The van der Waals surface area contributed by atoms with Gasteiger partial charge in [-0.2, -0.15) is 4.98 Å². The maximum Gasteiger partial charge on any atom is 0.296 e. The maximum absolute atomic E-state index is 14.8. The molecule has 3 aromatic rings. The van der Waals surface area contributed by atoms with Gasteiger partial charge in [0.15, 0.2) is 11.8 Å². The average Bonchev–Trinajstić information content (AvgIpc) is 3.56. The summed E-state index contributed by atoms with van der Waals surface area (Å²) in [7, 11) is 0. The second kappa shape index (κ2) is 10.4. The number of pyridine rings is 1. The van der Waals surface area contributed by atoms with Gasteiger partial charge in [-0.3, -0.25) is 4.90 Å². The Morgan fingerprint density at radius 1 is 1.05 bits per heavy atom. The highest BCUT2D eigenvalue weighted by Gasteiger charge is 2.48. The lowest BCUT2D eigenvalue weighted by molar-refractivity contribution is 0.00706.